The van der Waals surface area contributed by atoms with Crippen molar-refractivity contribution in [2.24, 2.45) is 5.92 Å². The highest BCUT2D eigenvalue weighted by Crippen LogP contribution is 2.48. The molecule has 4 heterocycles. The number of alkyl halides is 3. The van der Waals surface area contributed by atoms with Crippen molar-refractivity contribution in [3.8, 4) is 0 Å². The smallest absolute Gasteiger partial charge is 0.326 e. The molecule has 3 aromatic rings. The number of rotatable bonds is 5. The molecule has 1 saturated heterocycles. The van der Waals surface area contributed by atoms with Crippen molar-refractivity contribution in [2.45, 2.75) is 44.6 Å². The molecule has 0 spiro atoms. The van der Waals surface area contributed by atoms with Gasteiger partial charge < -0.3 is 4.90 Å². The van der Waals surface area contributed by atoms with E-state index in [1.165, 1.54) is 22.7 Å². The molecule has 3 aromatic heterocycles. The molecule has 176 valence electrons. The summed E-state index contributed by atoms with van der Waals surface area (Å²) < 4.78 is 40.1. The molecule has 1 N–H and O–H groups in total. The lowest BCUT2D eigenvalue weighted by Gasteiger charge is -2.26. The number of anilines is 1. The lowest BCUT2D eigenvalue weighted by Crippen LogP contribution is -2.47. The topological polar surface area (TPSA) is 123 Å². The predicted molar refractivity (Wildman–Crippen MR) is 110 cm³/mol. The number of amides is 2. The minimum absolute atomic E-state index is 0.132. The number of aromatic nitrogens is 5. The first-order valence-corrected chi connectivity index (χ1v) is 10.5. The molecule has 1 aliphatic carbocycles. The third kappa shape index (κ3) is 3.86. The van der Waals surface area contributed by atoms with E-state index in [0.29, 0.717) is 23.5 Å². The summed E-state index contributed by atoms with van der Waals surface area (Å²) in [6.45, 7) is 1.13. The molecule has 3 atom stereocenters. The van der Waals surface area contributed by atoms with E-state index < -0.39 is 35.7 Å². The minimum atomic E-state index is -4.68. The van der Waals surface area contributed by atoms with E-state index in [9.17, 15) is 27.6 Å². The third-order valence-electron chi connectivity index (χ3n) is 6.00. The summed E-state index contributed by atoms with van der Waals surface area (Å²) in [7, 11) is 0. The largest absolute Gasteiger partial charge is 0.433 e. The zero-order chi connectivity index (χ0) is 24.2. The van der Waals surface area contributed by atoms with Crippen LogP contribution in [-0.4, -0.2) is 59.3 Å². The average Bonchev–Trinajstić information content (AvgIpc) is 3.29. The van der Waals surface area contributed by atoms with Gasteiger partial charge in [-0.25, -0.2) is 19.6 Å². The van der Waals surface area contributed by atoms with Crippen LogP contribution in [0.25, 0.3) is 11.0 Å². The van der Waals surface area contributed by atoms with E-state index >= 15 is 0 Å². The van der Waals surface area contributed by atoms with Gasteiger partial charge in [0.1, 0.15) is 24.0 Å². The van der Waals surface area contributed by atoms with Crippen LogP contribution >= 0.6 is 0 Å². The normalized spacial score (nSPS) is 21.4. The Kier molecular flexibility index (Phi) is 5.06. The van der Waals surface area contributed by atoms with E-state index in [1.54, 1.807) is 12.1 Å². The van der Waals surface area contributed by atoms with E-state index in [0.717, 1.165) is 12.6 Å². The van der Waals surface area contributed by atoms with Gasteiger partial charge in [-0.15, -0.1) is 0 Å². The van der Waals surface area contributed by atoms with E-state index in [1.807, 2.05) is 0 Å². The minimum Gasteiger partial charge on any atom is -0.326 e. The van der Waals surface area contributed by atoms with Gasteiger partial charge in [0.25, 0.3) is 0 Å². The Hall–Kier alpha value is -3.90. The highest BCUT2D eigenvalue weighted by Gasteiger charge is 2.56. The van der Waals surface area contributed by atoms with E-state index in [-0.39, 0.29) is 30.0 Å². The number of ketones is 1. The zero-order valence-electron chi connectivity index (χ0n) is 17.8. The Labute approximate surface area is 190 Å². The van der Waals surface area contributed by atoms with Crippen LogP contribution in [0.2, 0.25) is 0 Å². The number of nitrogens with one attached hydrogen (secondary N) is 1. The van der Waals surface area contributed by atoms with Crippen molar-refractivity contribution >= 4 is 34.6 Å². The third-order valence-corrected chi connectivity index (χ3v) is 6.00. The second-order valence-corrected chi connectivity index (χ2v) is 8.31. The fourth-order valence-electron chi connectivity index (χ4n) is 4.41. The molecule has 0 bridgehead atoms. The predicted octanol–water partition coefficient (Wildman–Crippen LogP) is 2.07. The van der Waals surface area contributed by atoms with Gasteiger partial charge >= 0.3 is 6.18 Å². The molecule has 1 saturated carbocycles. The summed E-state index contributed by atoms with van der Waals surface area (Å²) in [6, 6.07) is 3.04. The van der Waals surface area contributed by atoms with E-state index in [2.05, 4.69) is 25.4 Å². The lowest BCUT2D eigenvalue weighted by atomic mass is 10.1. The van der Waals surface area contributed by atoms with Crippen LogP contribution in [0.15, 0.2) is 30.6 Å². The number of Topliss-reactive ketones (excluding diaryl/α,β-unsaturated/α-hetero) is 1. The quantitative estimate of drug-likeness (QED) is 0.563. The van der Waals surface area contributed by atoms with Crippen molar-refractivity contribution < 1.29 is 27.6 Å². The molecule has 0 radical (unpaired) electrons. The Bertz CT molecular complexity index is 1320. The summed E-state index contributed by atoms with van der Waals surface area (Å²) in [6.07, 6.45) is -1.13. The summed E-state index contributed by atoms with van der Waals surface area (Å²) >= 11 is 0. The van der Waals surface area contributed by atoms with Crippen LogP contribution in [0.3, 0.4) is 0 Å². The van der Waals surface area contributed by atoms with Crippen molar-refractivity contribution in [1.82, 2.24) is 29.6 Å². The number of pyridine rings is 1. The number of carbonyl (C=O) groups is 3. The van der Waals surface area contributed by atoms with Gasteiger partial charge in [0.2, 0.25) is 17.8 Å². The fraction of sp³-hybridized carbons (Fsp3) is 0.381. The van der Waals surface area contributed by atoms with Crippen LogP contribution < -0.4 is 5.32 Å². The molecule has 2 aliphatic rings. The molecular weight excluding hydrogens is 455 g/mol. The van der Waals surface area contributed by atoms with Gasteiger partial charge in [-0.2, -0.15) is 18.3 Å². The Morgan fingerprint density at radius 1 is 1.15 bits per heavy atom. The first-order valence-electron chi connectivity index (χ1n) is 10.5. The monoisotopic (exact) mass is 473 g/mol. The van der Waals surface area contributed by atoms with Gasteiger partial charge in [0, 0.05) is 25.4 Å². The van der Waals surface area contributed by atoms with Crippen molar-refractivity contribution in [3.63, 3.8) is 0 Å². The number of halogens is 3. The number of hydrogen-bond acceptors (Lipinski definition) is 7. The zero-order valence-corrected chi connectivity index (χ0v) is 17.8. The summed E-state index contributed by atoms with van der Waals surface area (Å²) in [5, 5.41) is 7.06. The Morgan fingerprint density at radius 3 is 2.68 bits per heavy atom. The van der Waals surface area contributed by atoms with Crippen LogP contribution in [0.5, 0.6) is 0 Å². The van der Waals surface area contributed by atoms with Crippen LogP contribution in [-0.2, 0) is 22.3 Å². The second kappa shape index (κ2) is 7.85. The molecular formula is C21H18F3N7O3. The Balaban J connectivity index is 1.36. The van der Waals surface area contributed by atoms with E-state index in [4.69, 9.17) is 0 Å². The summed E-state index contributed by atoms with van der Waals surface area (Å²) in [4.78, 5) is 50.7. The standard InChI is InChI=1S/C21H18F3N7O3/c1-10(32)17-12-3-2-5-25-18(12)30(29-17)9-16(33)31-13-7-11(13)8-14(31)19(34)28-20-26-6-4-15(27-20)21(22,23)24/h2-6,11,13-14H,7-9H2,1H3,(H,26,27,28,34)/t11-,13-,14+/m1/s1. The number of likely N-dealkylation sites (tertiary alicyclic amines) is 1. The fourth-order valence-corrected chi connectivity index (χ4v) is 4.41. The molecule has 5 rings (SSSR count). The molecule has 13 heteroatoms. The SMILES string of the molecule is CC(=O)c1nn(CC(=O)N2[C@@H]3C[C@@H]3C[C@H]2C(=O)Nc2nccc(C(F)(F)F)n2)c2ncccc12. The van der Waals surface area contributed by atoms with Crippen LogP contribution in [0.4, 0.5) is 19.1 Å². The molecule has 10 nitrogen and oxygen atoms in total. The van der Waals surface area contributed by atoms with Gasteiger partial charge in [-0.05, 0) is 37.0 Å². The van der Waals surface area contributed by atoms with Crippen molar-refractivity contribution in [2.75, 3.05) is 5.32 Å². The number of hydrogen-bond donors (Lipinski definition) is 1. The van der Waals surface area contributed by atoms with Gasteiger partial charge in [-0.3, -0.25) is 19.7 Å². The van der Waals surface area contributed by atoms with Gasteiger partial charge in [0.05, 0.1) is 5.39 Å². The first kappa shape index (κ1) is 21.9. The van der Waals surface area contributed by atoms with Crippen molar-refractivity contribution in [1.29, 1.82) is 0 Å². The molecule has 34 heavy (non-hydrogen) atoms. The molecule has 0 unspecified atom stereocenters. The lowest BCUT2D eigenvalue weighted by molar-refractivity contribution is -0.141. The van der Waals surface area contributed by atoms with Crippen LogP contribution in [0.1, 0.15) is 35.9 Å². The molecule has 1 aliphatic heterocycles. The maximum Gasteiger partial charge on any atom is 0.433 e. The van der Waals surface area contributed by atoms with Crippen molar-refractivity contribution in [3.05, 3.63) is 42.0 Å². The maximum absolute atomic E-state index is 13.2. The average molecular weight is 473 g/mol. The Morgan fingerprint density at radius 2 is 1.94 bits per heavy atom. The number of piperidine rings is 1. The first-order chi connectivity index (χ1) is 16.1. The number of fused-ring (bicyclic) bond motifs is 2. The number of carbonyl (C=O) groups excluding carboxylic acids is 3. The molecule has 0 aromatic carbocycles. The highest BCUT2D eigenvalue weighted by molar-refractivity contribution is 6.04. The highest BCUT2D eigenvalue weighted by atomic mass is 19.4. The van der Waals surface area contributed by atoms with Crippen LogP contribution in [0, 0.1) is 5.92 Å². The van der Waals surface area contributed by atoms with Gasteiger partial charge in [0.15, 0.2) is 11.4 Å². The summed E-state index contributed by atoms with van der Waals surface area (Å²) in [5.74, 6) is -1.68. The second-order valence-electron chi connectivity index (χ2n) is 8.31. The maximum atomic E-state index is 13.2. The molecule has 2 fully saturated rings. The number of nitrogens with zero attached hydrogens (tertiary/aromatic N) is 6. The molecule has 2 amide bonds. The summed E-state index contributed by atoms with van der Waals surface area (Å²) in [5.41, 5.74) is -0.622. The van der Waals surface area contributed by atoms with Gasteiger partial charge in [-0.1, -0.05) is 0 Å².